The van der Waals surface area contributed by atoms with Crippen LogP contribution in [0.1, 0.15) is 18.2 Å². The third-order valence-electron chi connectivity index (χ3n) is 5.90. The van der Waals surface area contributed by atoms with Crippen LogP contribution in [-0.2, 0) is 25.0 Å². The molecule has 2 aromatic heterocycles. The van der Waals surface area contributed by atoms with E-state index in [2.05, 4.69) is 20.4 Å². The van der Waals surface area contributed by atoms with Crippen LogP contribution in [0.2, 0.25) is 4.34 Å². The number of hydrogen-bond donors (Lipinski definition) is 4. The number of hydrogen-bond acceptors (Lipinski definition) is 13. The van der Waals surface area contributed by atoms with Gasteiger partial charge < -0.3 is 31.6 Å². The molecule has 41 heavy (non-hydrogen) atoms. The van der Waals surface area contributed by atoms with Gasteiger partial charge in [-0.3, -0.25) is 19.4 Å². The number of pyridine rings is 1. The van der Waals surface area contributed by atoms with Gasteiger partial charge in [0, 0.05) is 47.1 Å². The Morgan fingerprint density at radius 2 is 2.27 bits per heavy atom. The molecule has 12 nitrogen and oxygen atoms in total. The van der Waals surface area contributed by atoms with Crippen molar-refractivity contribution in [3.63, 3.8) is 0 Å². The van der Waals surface area contributed by atoms with E-state index in [9.17, 15) is 23.9 Å². The van der Waals surface area contributed by atoms with Crippen molar-refractivity contribution in [3.05, 3.63) is 34.1 Å². The van der Waals surface area contributed by atoms with Crippen LogP contribution in [0.15, 0.2) is 28.5 Å². The fraction of sp³-hybridized carbons (Fsp3) is 0.478. The minimum atomic E-state index is -1.31. The van der Waals surface area contributed by atoms with Gasteiger partial charge in [-0.1, -0.05) is 28.1 Å². The molecule has 2 aliphatic rings. The molecule has 4 rings (SSSR count). The topological polar surface area (TPSA) is 186 Å². The van der Waals surface area contributed by atoms with Crippen LogP contribution in [0.4, 0.5) is 9.52 Å². The van der Waals surface area contributed by atoms with E-state index >= 15 is 0 Å². The second kappa shape index (κ2) is 13.8. The number of nitrogens with one attached hydrogen (secondary N) is 1. The van der Waals surface area contributed by atoms with Crippen LogP contribution >= 0.6 is 58.2 Å². The fourth-order valence-electron chi connectivity index (χ4n) is 3.98. The monoisotopic (exact) mass is 663 g/mol. The summed E-state index contributed by atoms with van der Waals surface area (Å²) in [5.74, 6) is -0.769. The molecule has 0 bridgehead atoms. The highest BCUT2D eigenvalue weighted by molar-refractivity contribution is 8.05. The first kappa shape index (κ1) is 31.6. The normalized spacial score (nSPS) is 23.0. The van der Waals surface area contributed by atoms with Crippen LogP contribution in [-0.4, -0.2) is 97.0 Å². The van der Waals surface area contributed by atoms with Gasteiger partial charge in [0.05, 0.1) is 0 Å². The van der Waals surface area contributed by atoms with Crippen LogP contribution < -0.4 is 16.8 Å². The van der Waals surface area contributed by atoms with Crippen molar-refractivity contribution < 1.29 is 28.7 Å². The molecule has 0 aliphatic carbocycles. The number of aliphatic carboxylic acids is 1. The predicted molar refractivity (Wildman–Crippen MR) is 160 cm³/mol. The largest absolute Gasteiger partial charge is 0.480 e. The molecular weight excluding hydrogens is 637 g/mol. The number of thiazole rings is 1. The van der Waals surface area contributed by atoms with Gasteiger partial charge in [0.25, 0.3) is 5.91 Å². The van der Waals surface area contributed by atoms with Gasteiger partial charge in [-0.25, -0.2) is 9.37 Å². The van der Waals surface area contributed by atoms with Gasteiger partial charge in [0.1, 0.15) is 39.5 Å². The van der Waals surface area contributed by atoms with Gasteiger partial charge in [-0.2, -0.15) is 11.8 Å². The first-order valence-corrected chi connectivity index (χ1v) is 16.4. The van der Waals surface area contributed by atoms with Crippen molar-refractivity contribution in [1.82, 2.24) is 20.2 Å². The van der Waals surface area contributed by atoms with Crippen molar-refractivity contribution in [1.29, 1.82) is 0 Å². The number of halogens is 2. The highest BCUT2D eigenvalue weighted by Crippen LogP contribution is 2.47. The average Bonchev–Trinajstić information content (AvgIpc) is 3.27. The highest BCUT2D eigenvalue weighted by atomic mass is 35.5. The molecule has 2 aliphatic heterocycles. The molecule has 4 atom stereocenters. The summed E-state index contributed by atoms with van der Waals surface area (Å²) in [4.78, 5) is 54.1. The molecule has 222 valence electrons. The number of oxime groups is 1. The third kappa shape index (κ3) is 7.19. The van der Waals surface area contributed by atoms with Crippen LogP contribution in [0, 0.1) is 0 Å². The smallest absolute Gasteiger partial charge is 0.322 e. The molecule has 6 N–H and O–H groups in total. The van der Waals surface area contributed by atoms with Crippen LogP contribution in [0.3, 0.4) is 0 Å². The lowest BCUT2D eigenvalue weighted by Crippen LogP contribution is -2.74. The summed E-state index contributed by atoms with van der Waals surface area (Å²) >= 11 is 11.1. The summed E-state index contributed by atoms with van der Waals surface area (Å²) in [5.41, 5.74) is 12.0. The number of alkyl halides is 1. The van der Waals surface area contributed by atoms with Gasteiger partial charge in [-0.05, 0) is 18.6 Å². The zero-order valence-corrected chi connectivity index (χ0v) is 25.6. The number of amides is 2. The summed E-state index contributed by atoms with van der Waals surface area (Å²) in [6, 6.07) is 0.853. The Kier molecular flexibility index (Phi) is 10.6. The predicted octanol–water partition coefficient (Wildman–Crippen LogP) is 2.06. The number of carbonyl (C=O) groups excluding carboxylic acids is 2. The first-order chi connectivity index (χ1) is 19.6. The second-order valence-electron chi connectivity index (χ2n) is 9.13. The number of β-lactam (4-membered cyclic amide) rings is 1. The number of aromatic nitrogens is 2. The van der Waals surface area contributed by atoms with E-state index in [1.54, 1.807) is 30.2 Å². The van der Waals surface area contributed by atoms with E-state index in [0.29, 0.717) is 5.75 Å². The molecule has 2 aromatic rings. The summed E-state index contributed by atoms with van der Waals surface area (Å²) in [7, 11) is 0. The van der Waals surface area contributed by atoms with Crippen molar-refractivity contribution in [3.8, 4) is 0 Å². The summed E-state index contributed by atoms with van der Waals surface area (Å²) in [6.07, 6.45) is 3.32. The Balaban J connectivity index is 1.47. The van der Waals surface area contributed by atoms with Crippen molar-refractivity contribution in [2.24, 2.45) is 10.9 Å². The van der Waals surface area contributed by atoms with E-state index in [-0.39, 0.29) is 39.2 Å². The van der Waals surface area contributed by atoms with Crippen molar-refractivity contribution >= 4 is 86.9 Å². The maximum Gasteiger partial charge on any atom is 0.322 e. The lowest BCUT2D eigenvalue weighted by Gasteiger charge is -2.53. The average molecular weight is 664 g/mol. The van der Waals surface area contributed by atoms with E-state index in [1.807, 2.05) is 6.92 Å². The number of nitrogens with two attached hydrogens (primary N) is 2. The third-order valence-corrected chi connectivity index (χ3v) is 11.4. The summed E-state index contributed by atoms with van der Waals surface area (Å²) < 4.78 is 11.3. The zero-order chi connectivity index (χ0) is 29.7. The minimum Gasteiger partial charge on any atom is -0.480 e. The van der Waals surface area contributed by atoms with Gasteiger partial charge >= 0.3 is 5.97 Å². The number of carbonyl (C=O) groups is 3. The van der Waals surface area contributed by atoms with Crippen molar-refractivity contribution in [2.75, 3.05) is 37.1 Å². The molecule has 2 amide bonds. The van der Waals surface area contributed by atoms with Gasteiger partial charge in [-0.15, -0.1) is 23.5 Å². The summed E-state index contributed by atoms with van der Waals surface area (Å²) in [5, 5.41) is 16.1. The van der Waals surface area contributed by atoms with Crippen LogP contribution in [0.25, 0.3) is 0 Å². The van der Waals surface area contributed by atoms with Crippen LogP contribution in [0.5, 0.6) is 0 Å². The molecular formula is C23H27ClFN7O5S4. The Hall–Kier alpha value is -2.31. The van der Waals surface area contributed by atoms with Gasteiger partial charge in [0.15, 0.2) is 10.8 Å². The number of carboxylic acids is 1. The number of carboxylic acid groups (broad SMARTS) is 1. The Labute approximate surface area is 256 Å². The Morgan fingerprint density at radius 1 is 1.49 bits per heavy atom. The number of nitrogens with zero attached hydrogens (tertiary/aromatic N) is 4. The second-order valence-corrected chi connectivity index (χ2v) is 14.3. The summed E-state index contributed by atoms with van der Waals surface area (Å²) in [6.45, 7) is 0.621. The number of rotatable bonds is 13. The standard InChI is InChI=1S/C23H27ClFN7O5S4/c1-11(26)7-38-8-12-6-28-4-2-13(12)41-23(21(35)36)9-32-19(34)16(20(32)39-10-23)29-18(33)15(31-37-5-3-25)14-17(24)40-22(27)30-14/h2,4,6,11,16,20H,3,5,7-10,26H2,1H3,(H2,27,30)(H,29,33)(H,35,36)/t11?,16-,20-,23?/m1/s1. The lowest BCUT2D eigenvalue weighted by molar-refractivity contribution is -0.151. The van der Waals surface area contributed by atoms with E-state index in [1.165, 1.54) is 28.4 Å². The molecule has 0 aromatic carbocycles. The minimum absolute atomic E-state index is 0.0253. The van der Waals surface area contributed by atoms with E-state index < -0.39 is 47.2 Å². The zero-order valence-electron chi connectivity index (χ0n) is 21.6. The van der Waals surface area contributed by atoms with E-state index in [0.717, 1.165) is 27.5 Å². The lowest BCUT2D eigenvalue weighted by atomic mass is 10.0. The molecule has 18 heteroatoms. The first-order valence-electron chi connectivity index (χ1n) is 12.2. The number of fused-ring (bicyclic) bond motifs is 1. The molecule has 0 radical (unpaired) electrons. The number of thioether (sulfide) groups is 3. The molecule has 2 unspecified atom stereocenters. The Bertz CT molecular complexity index is 1340. The SMILES string of the molecule is CC(N)CSCc1cnccc1SC1(C(=O)O)CS[C@@H]2[C@H](NC(=O)C(=NOCCF)c3nc(N)sc3Cl)C(=O)N2C1. The quantitative estimate of drug-likeness (QED) is 0.106. The molecule has 2 saturated heterocycles. The fourth-order valence-corrected chi connectivity index (χ4v) is 8.87. The van der Waals surface area contributed by atoms with Gasteiger partial charge in [0.2, 0.25) is 5.91 Å². The van der Waals surface area contributed by atoms with E-state index in [4.69, 9.17) is 27.9 Å². The molecule has 4 heterocycles. The van der Waals surface area contributed by atoms with Crippen molar-refractivity contribution in [2.45, 2.75) is 39.8 Å². The number of nitrogen functional groups attached to an aromatic ring is 1. The molecule has 0 saturated carbocycles. The maximum atomic E-state index is 13.1. The molecule has 0 spiro atoms. The maximum absolute atomic E-state index is 13.1. The molecule has 2 fully saturated rings. The highest BCUT2D eigenvalue weighted by Gasteiger charge is 2.58. The number of anilines is 1. The Morgan fingerprint density at radius 3 is 2.93 bits per heavy atom.